The predicted octanol–water partition coefficient (Wildman–Crippen LogP) is 0.605. The molecule has 94 valence electrons. The molecule has 0 saturated heterocycles. The van der Waals surface area contributed by atoms with E-state index in [4.69, 9.17) is 0 Å². The van der Waals surface area contributed by atoms with Gasteiger partial charge in [-0.05, 0) is 27.7 Å². The molecule has 0 aliphatic carbocycles. The van der Waals surface area contributed by atoms with E-state index in [0.29, 0.717) is 0 Å². The molecule has 5 nitrogen and oxygen atoms in total. The van der Waals surface area contributed by atoms with Crippen LogP contribution in [0.25, 0.3) is 0 Å². The Morgan fingerprint density at radius 2 is 1.88 bits per heavy atom. The van der Waals surface area contributed by atoms with Crippen molar-refractivity contribution in [3.8, 4) is 0 Å². The van der Waals surface area contributed by atoms with Crippen LogP contribution >= 0.6 is 0 Å². The number of ether oxygens (including phenoxy) is 1. The summed E-state index contributed by atoms with van der Waals surface area (Å²) < 4.78 is 4.66. The summed E-state index contributed by atoms with van der Waals surface area (Å²) in [7, 11) is 0. The molecule has 16 heavy (non-hydrogen) atoms. The summed E-state index contributed by atoms with van der Waals surface area (Å²) in [5.74, 6) is -0.761. The molecule has 0 unspecified atom stereocenters. The Balaban J connectivity index is 3.91. The van der Waals surface area contributed by atoms with Gasteiger partial charge in [-0.3, -0.25) is 9.59 Å². The number of esters is 1. The van der Waals surface area contributed by atoms with Crippen LogP contribution in [0.15, 0.2) is 0 Å². The number of amides is 1. The molecule has 0 aromatic rings. The first-order valence-corrected chi connectivity index (χ1v) is 5.39. The summed E-state index contributed by atoms with van der Waals surface area (Å²) >= 11 is 0. The van der Waals surface area contributed by atoms with E-state index >= 15 is 0 Å². The van der Waals surface area contributed by atoms with Gasteiger partial charge in [-0.15, -0.1) is 0 Å². The highest BCUT2D eigenvalue weighted by atomic mass is 16.5. The van der Waals surface area contributed by atoms with Crippen molar-refractivity contribution in [2.24, 2.45) is 0 Å². The van der Waals surface area contributed by atoms with E-state index in [1.807, 2.05) is 20.8 Å². The Kier molecular flexibility index (Phi) is 6.03. The fraction of sp³-hybridized carbons (Fsp3) is 0.818. The highest BCUT2D eigenvalue weighted by Crippen LogP contribution is 2.04. The Bertz CT molecular complexity index is 245. The van der Waals surface area contributed by atoms with Crippen LogP contribution in [0.3, 0.4) is 0 Å². The Hall–Kier alpha value is -1.10. The van der Waals surface area contributed by atoms with Crippen molar-refractivity contribution in [2.75, 3.05) is 6.61 Å². The van der Waals surface area contributed by atoms with Gasteiger partial charge in [0.25, 0.3) is 0 Å². The monoisotopic (exact) mass is 231 g/mol. The van der Waals surface area contributed by atoms with Crippen LogP contribution in [-0.2, 0) is 14.3 Å². The molecule has 0 heterocycles. The van der Waals surface area contributed by atoms with Crippen LogP contribution in [0.2, 0.25) is 0 Å². The normalized spacial score (nSPS) is 13.1. The van der Waals surface area contributed by atoms with Crippen LogP contribution in [0.1, 0.15) is 40.5 Å². The molecule has 0 spiro atoms. The smallest absolute Gasteiger partial charge is 0.308 e. The molecular formula is C11H21NO4. The second-order valence-electron chi connectivity index (χ2n) is 4.67. The number of hydrogen-bond acceptors (Lipinski definition) is 4. The average Bonchev–Trinajstić information content (AvgIpc) is 1.98. The number of nitrogens with one attached hydrogen (secondary N) is 1. The summed E-state index contributed by atoms with van der Waals surface area (Å²) in [5, 5.41) is 12.2. The first kappa shape index (κ1) is 14.9. The van der Waals surface area contributed by atoms with E-state index in [1.54, 1.807) is 6.92 Å². The first-order chi connectivity index (χ1) is 7.24. The number of rotatable bonds is 5. The number of carbonyl (C=O) groups is 2. The molecule has 1 atom stereocenters. The fourth-order valence-corrected chi connectivity index (χ4v) is 1.17. The zero-order chi connectivity index (χ0) is 12.8. The van der Waals surface area contributed by atoms with Gasteiger partial charge in [0, 0.05) is 5.54 Å². The van der Waals surface area contributed by atoms with Crippen LogP contribution in [-0.4, -0.2) is 35.2 Å². The van der Waals surface area contributed by atoms with Gasteiger partial charge in [0.2, 0.25) is 5.91 Å². The van der Waals surface area contributed by atoms with Gasteiger partial charge < -0.3 is 15.2 Å². The minimum Gasteiger partial charge on any atom is -0.466 e. The highest BCUT2D eigenvalue weighted by Gasteiger charge is 2.19. The highest BCUT2D eigenvalue weighted by molar-refractivity contribution is 5.78. The van der Waals surface area contributed by atoms with Crippen LogP contribution in [0.5, 0.6) is 0 Å². The molecule has 0 fully saturated rings. The van der Waals surface area contributed by atoms with Gasteiger partial charge in [0.1, 0.15) is 0 Å². The molecule has 0 aromatic carbocycles. The Labute approximate surface area is 96.2 Å². The van der Waals surface area contributed by atoms with Crippen molar-refractivity contribution in [3.05, 3.63) is 0 Å². The summed E-state index contributed by atoms with van der Waals surface area (Å²) in [6.07, 6.45) is -1.22. The molecule has 0 aliphatic heterocycles. The van der Waals surface area contributed by atoms with E-state index in [9.17, 15) is 14.7 Å². The summed E-state index contributed by atoms with van der Waals surface area (Å²) in [6, 6.07) is 0. The maximum absolute atomic E-state index is 11.4. The predicted molar refractivity (Wildman–Crippen MR) is 59.8 cm³/mol. The lowest BCUT2D eigenvalue weighted by molar-refractivity contribution is -0.145. The van der Waals surface area contributed by atoms with Gasteiger partial charge in [-0.2, -0.15) is 0 Å². The van der Waals surface area contributed by atoms with Crippen molar-refractivity contribution >= 4 is 11.9 Å². The topological polar surface area (TPSA) is 75.6 Å². The lowest BCUT2D eigenvalue weighted by Crippen LogP contribution is -2.42. The van der Waals surface area contributed by atoms with E-state index in [-0.39, 0.29) is 30.9 Å². The summed E-state index contributed by atoms with van der Waals surface area (Å²) in [4.78, 5) is 22.4. The quantitative estimate of drug-likeness (QED) is 0.680. The third kappa shape index (κ3) is 8.23. The van der Waals surface area contributed by atoms with Crippen LogP contribution in [0.4, 0.5) is 0 Å². The molecule has 5 heteroatoms. The fourth-order valence-electron chi connectivity index (χ4n) is 1.17. The summed E-state index contributed by atoms with van der Waals surface area (Å²) in [5.41, 5.74) is -0.333. The van der Waals surface area contributed by atoms with Crippen molar-refractivity contribution in [3.63, 3.8) is 0 Å². The number of aliphatic hydroxyl groups is 1. The maximum atomic E-state index is 11.4. The average molecular weight is 231 g/mol. The molecule has 0 saturated carbocycles. The Morgan fingerprint density at radius 1 is 1.31 bits per heavy atom. The second kappa shape index (κ2) is 6.48. The van der Waals surface area contributed by atoms with E-state index < -0.39 is 12.1 Å². The SMILES string of the molecule is CCOC(=O)C[C@H](O)CC(=O)NC(C)(C)C. The van der Waals surface area contributed by atoms with E-state index in [0.717, 1.165) is 0 Å². The zero-order valence-corrected chi connectivity index (χ0v) is 10.4. The van der Waals surface area contributed by atoms with Crippen molar-refractivity contribution in [1.29, 1.82) is 0 Å². The van der Waals surface area contributed by atoms with Crippen LogP contribution < -0.4 is 5.32 Å². The summed E-state index contributed by atoms with van der Waals surface area (Å²) in [6.45, 7) is 7.52. The third-order valence-corrected chi connectivity index (χ3v) is 1.64. The number of aliphatic hydroxyl groups excluding tert-OH is 1. The van der Waals surface area contributed by atoms with E-state index in [1.165, 1.54) is 0 Å². The van der Waals surface area contributed by atoms with E-state index in [2.05, 4.69) is 10.1 Å². The molecular weight excluding hydrogens is 210 g/mol. The Morgan fingerprint density at radius 3 is 2.31 bits per heavy atom. The first-order valence-electron chi connectivity index (χ1n) is 5.39. The maximum Gasteiger partial charge on any atom is 0.308 e. The molecule has 2 N–H and O–H groups in total. The number of hydrogen-bond donors (Lipinski definition) is 2. The van der Waals surface area contributed by atoms with Crippen molar-refractivity contribution in [1.82, 2.24) is 5.32 Å². The van der Waals surface area contributed by atoms with Crippen molar-refractivity contribution < 1.29 is 19.4 Å². The largest absolute Gasteiger partial charge is 0.466 e. The minimum atomic E-state index is -0.985. The third-order valence-electron chi connectivity index (χ3n) is 1.64. The standard InChI is InChI=1S/C11H21NO4/c1-5-16-10(15)7-8(13)6-9(14)12-11(2,3)4/h8,13H,5-7H2,1-4H3,(H,12,14)/t8-/m1/s1. The number of carbonyl (C=O) groups excluding carboxylic acids is 2. The van der Waals surface area contributed by atoms with Gasteiger partial charge in [-0.1, -0.05) is 0 Å². The van der Waals surface area contributed by atoms with Crippen molar-refractivity contribution in [2.45, 2.75) is 52.2 Å². The molecule has 1 amide bonds. The second-order valence-corrected chi connectivity index (χ2v) is 4.67. The zero-order valence-electron chi connectivity index (χ0n) is 10.4. The molecule has 0 bridgehead atoms. The molecule has 0 aliphatic rings. The van der Waals surface area contributed by atoms with Crippen LogP contribution in [0, 0.1) is 0 Å². The molecule has 0 radical (unpaired) electrons. The lowest BCUT2D eigenvalue weighted by atomic mass is 10.1. The molecule has 0 rings (SSSR count). The minimum absolute atomic E-state index is 0.0872. The van der Waals surface area contributed by atoms with Gasteiger partial charge in [0.05, 0.1) is 25.6 Å². The lowest BCUT2D eigenvalue weighted by Gasteiger charge is -2.21. The van der Waals surface area contributed by atoms with Gasteiger partial charge >= 0.3 is 5.97 Å². The molecule has 0 aromatic heterocycles. The van der Waals surface area contributed by atoms with Gasteiger partial charge in [-0.25, -0.2) is 0 Å². The van der Waals surface area contributed by atoms with Gasteiger partial charge in [0.15, 0.2) is 0 Å².